The van der Waals surface area contributed by atoms with Gasteiger partial charge < -0.3 is 19.5 Å². The Morgan fingerprint density at radius 2 is 1.85 bits per heavy atom. The van der Waals surface area contributed by atoms with Gasteiger partial charge in [0, 0.05) is 25.2 Å². The number of ether oxygens (including phenoxy) is 3. The number of esters is 1. The second-order valence-corrected chi connectivity index (χ2v) is 12.9. The number of alkyl halides is 3. The highest BCUT2D eigenvalue weighted by molar-refractivity contribution is 5.88. The molecule has 48 heavy (non-hydrogen) atoms. The van der Waals surface area contributed by atoms with Gasteiger partial charge in [0.2, 0.25) is 0 Å². The maximum atomic E-state index is 14.7. The molecule has 1 saturated heterocycles. The van der Waals surface area contributed by atoms with Crippen LogP contribution in [0.4, 0.5) is 13.2 Å². The molecule has 1 aromatic carbocycles. The van der Waals surface area contributed by atoms with E-state index in [9.17, 15) is 22.8 Å². The van der Waals surface area contributed by atoms with Gasteiger partial charge in [0.25, 0.3) is 11.5 Å². The lowest BCUT2D eigenvalue weighted by molar-refractivity contribution is -0.266. The molecule has 2 heterocycles. The fourth-order valence-electron chi connectivity index (χ4n) is 6.26. The number of cyclic esters (lactones) is 1. The molecule has 3 rings (SSSR count). The van der Waals surface area contributed by atoms with Gasteiger partial charge in [0.15, 0.2) is 0 Å². The van der Waals surface area contributed by atoms with Crippen LogP contribution in [0.2, 0.25) is 0 Å². The first-order chi connectivity index (χ1) is 22.7. The molecule has 1 amide bonds. The minimum absolute atomic E-state index is 0.189. The molecule has 6 nitrogen and oxygen atoms in total. The Hall–Kier alpha value is -3.69. The molecule has 262 valence electrons. The molecule has 0 spiro atoms. The largest absolute Gasteiger partial charge is 0.455 e. The van der Waals surface area contributed by atoms with Crippen LogP contribution in [0.15, 0.2) is 102 Å². The minimum atomic E-state index is -5.03. The van der Waals surface area contributed by atoms with Crippen molar-refractivity contribution in [3.05, 3.63) is 108 Å². The van der Waals surface area contributed by atoms with Crippen LogP contribution >= 0.6 is 0 Å². The van der Waals surface area contributed by atoms with Crippen LogP contribution in [-0.4, -0.2) is 49.5 Å². The first-order valence-electron chi connectivity index (χ1n) is 16.6. The summed E-state index contributed by atoms with van der Waals surface area (Å²) in [5.74, 6) is -1.06. The minimum Gasteiger partial charge on any atom is -0.455 e. The molecule has 0 aromatic heterocycles. The van der Waals surface area contributed by atoms with Crippen LogP contribution in [0.1, 0.15) is 66.4 Å². The maximum absolute atomic E-state index is 14.7. The fourth-order valence-corrected chi connectivity index (χ4v) is 6.26. The Labute approximate surface area is 283 Å². The Balaban J connectivity index is 1.84. The number of allylic oxidation sites excluding steroid dienone is 7. The highest BCUT2D eigenvalue weighted by Crippen LogP contribution is 2.42. The maximum Gasteiger partial charge on any atom is 0.430 e. The van der Waals surface area contributed by atoms with E-state index >= 15 is 0 Å². The Bertz CT molecular complexity index is 1410. The van der Waals surface area contributed by atoms with E-state index in [1.165, 1.54) is 30.3 Å². The average Bonchev–Trinajstić information content (AvgIpc) is 3.02. The third kappa shape index (κ3) is 10.2. The Morgan fingerprint density at radius 1 is 1.15 bits per heavy atom. The summed E-state index contributed by atoms with van der Waals surface area (Å²) in [6, 6.07) is 6.10. The molecule has 0 bridgehead atoms. The lowest BCUT2D eigenvalue weighted by Crippen LogP contribution is -2.59. The number of benzene rings is 1. The van der Waals surface area contributed by atoms with Crippen LogP contribution < -0.4 is 5.32 Å². The first-order valence-corrected chi connectivity index (χ1v) is 16.6. The zero-order valence-electron chi connectivity index (χ0n) is 29.0. The van der Waals surface area contributed by atoms with Crippen molar-refractivity contribution in [1.82, 2.24) is 5.32 Å². The molecular weight excluding hydrogens is 619 g/mol. The van der Waals surface area contributed by atoms with Crippen molar-refractivity contribution in [2.24, 2.45) is 17.8 Å². The number of rotatable bonds is 13. The monoisotopic (exact) mass is 669 g/mol. The van der Waals surface area contributed by atoms with Crippen molar-refractivity contribution in [3.63, 3.8) is 0 Å². The molecule has 8 atom stereocenters. The second kappa shape index (κ2) is 17.6. The molecular formula is C39H50F3NO5. The van der Waals surface area contributed by atoms with Crippen molar-refractivity contribution in [2.45, 2.75) is 96.9 Å². The summed E-state index contributed by atoms with van der Waals surface area (Å²) in [5.41, 5.74) is -1.42. The summed E-state index contributed by atoms with van der Waals surface area (Å²) in [4.78, 5) is 25.2. The summed E-state index contributed by atoms with van der Waals surface area (Å²) in [6.07, 6.45) is 14.2. The van der Waals surface area contributed by atoms with Crippen molar-refractivity contribution in [3.8, 4) is 0 Å². The van der Waals surface area contributed by atoms with Gasteiger partial charge in [-0.3, -0.25) is 4.79 Å². The number of methoxy groups -OCH3 is 1. The summed E-state index contributed by atoms with van der Waals surface area (Å²) in [6.45, 7) is 12.1. The number of nitrogens with one attached hydrogen (secondary N) is 1. The predicted molar refractivity (Wildman–Crippen MR) is 183 cm³/mol. The summed E-state index contributed by atoms with van der Waals surface area (Å²) in [7, 11) is 0.898. The topological polar surface area (TPSA) is 73.9 Å². The lowest BCUT2D eigenvalue weighted by Gasteiger charge is -2.42. The lowest BCUT2D eigenvalue weighted by atomic mass is 9.81. The zero-order valence-corrected chi connectivity index (χ0v) is 29.0. The molecule has 2 aliphatic rings. The quantitative estimate of drug-likeness (QED) is 0.130. The number of hydrogen-bond donors (Lipinski definition) is 1. The van der Waals surface area contributed by atoms with Gasteiger partial charge in [0.1, 0.15) is 6.10 Å². The van der Waals surface area contributed by atoms with E-state index in [-0.39, 0.29) is 41.5 Å². The average molecular weight is 670 g/mol. The number of carbonyl (C=O) groups is 2. The van der Waals surface area contributed by atoms with Crippen LogP contribution in [0.5, 0.6) is 0 Å². The van der Waals surface area contributed by atoms with E-state index in [0.29, 0.717) is 12.8 Å². The van der Waals surface area contributed by atoms with Gasteiger partial charge in [-0.05, 0) is 57.4 Å². The van der Waals surface area contributed by atoms with E-state index in [4.69, 9.17) is 14.2 Å². The SMILES string of the molecule is C/C=C/[C@@H]1O[C@H]([C@H](/C=C/C=C(\C)C[C@@H](C)/C=C(C)\C=C\[C@H]2CC=CC(=O)O2)NC(=O)[C@@](OC)(c2ccccc2)C(F)(F)F)C[C@@H](C)C1C. The Morgan fingerprint density at radius 3 is 2.48 bits per heavy atom. The van der Waals surface area contributed by atoms with Crippen LogP contribution in [0.3, 0.4) is 0 Å². The van der Waals surface area contributed by atoms with E-state index < -0.39 is 29.8 Å². The molecule has 9 heteroatoms. The van der Waals surface area contributed by atoms with Gasteiger partial charge in [-0.1, -0.05) is 111 Å². The van der Waals surface area contributed by atoms with Gasteiger partial charge in [-0.15, -0.1) is 0 Å². The normalized spacial score (nSPS) is 26.9. The van der Waals surface area contributed by atoms with E-state index in [0.717, 1.165) is 24.7 Å². The highest BCUT2D eigenvalue weighted by Gasteiger charge is 2.63. The van der Waals surface area contributed by atoms with Crippen molar-refractivity contribution in [1.29, 1.82) is 0 Å². The standard InChI is InChI=1S/C39H50F3NO5/c1-8-14-34-30(6)29(5)25-35(48-34)33(43-37(45)38(46-7,39(40,41)42)31-16-10-9-11-17-31)19-12-15-26(2)23-28(4)24-27(3)21-22-32-18-13-20-36(44)47-32/h8-17,19-22,24,28-30,32-35H,18,23,25H2,1-7H3,(H,43,45)/b14-8+,19-12+,22-21+,26-15+,27-24-/t28-,29-,30?,32-,33+,34+,35+,38+/m1/s1. The van der Waals surface area contributed by atoms with E-state index in [1.807, 2.05) is 51.2 Å². The molecule has 1 unspecified atom stereocenters. The Kier molecular flexibility index (Phi) is 14.2. The number of hydrogen-bond acceptors (Lipinski definition) is 5. The van der Waals surface area contributed by atoms with E-state index in [1.54, 1.807) is 24.3 Å². The molecule has 1 N–H and O–H groups in total. The zero-order chi connectivity index (χ0) is 35.5. The molecule has 0 radical (unpaired) electrons. The van der Waals surface area contributed by atoms with Gasteiger partial charge in [-0.2, -0.15) is 13.2 Å². The molecule has 0 saturated carbocycles. The molecule has 1 fully saturated rings. The third-order valence-corrected chi connectivity index (χ3v) is 8.99. The predicted octanol–water partition coefficient (Wildman–Crippen LogP) is 8.48. The van der Waals surface area contributed by atoms with Crippen molar-refractivity contribution < 1.29 is 37.0 Å². The number of halogens is 3. The third-order valence-electron chi connectivity index (χ3n) is 8.99. The first kappa shape index (κ1) is 38.8. The summed E-state index contributed by atoms with van der Waals surface area (Å²) < 4.78 is 60.9. The van der Waals surface area contributed by atoms with Crippen LogP contribution in [0.25, 0.3) is 0 Å². The van der Waals surface area contributed by atoms with Crippen LogP contribution in [0, 0.1) is 17.8 Å². The van der Waals surface area contributed by atoms with Crippen molar-refractivity contribution >= 4 is 11.9 Å². The smallest absolute Gasteiger partial charge is 0.430 e. The van der Waals surface area contributed by atoms with Crippen LogP contribution in [-0.2, 0) is 29.4 Å². The fraction of sp³-hybridized carbons (Fsp3) is 0.487. The molecule has 2 aliphatic heterocycles. The molecule has 1 aromatic rings. The number of carbonyl (C=O) groups excluding carboxylic acids is 2. The highest BCUT2D eigenvalue weighted by atomic mass is 19.4. The molecule has 0 aliphatic carbocycles. The number of amides is 1. The van der Waals surface area contributed by atoms with E-state index in [2.05, 4.69) is 32.2 Å². The van der Waals surface area contributed by atoms with Crippen molar-refractivity contribution in [2.75, 3.05) is 7.11 Å². The summed E-state index contributed by atoms with van der Waals surface area (Å²) in [5, 5.41) is 2.66. The van der Waals surface area contributed by atoms with Gasteiger partial charge in [-0.25, -0.2) is 4.79 Å². The summed E-state index contributed by atoms with van der Waals surface area (Å²) >= 11 is 0. The second-order valence-electron chi connectivity index (χ2n) is 12.9. The van der Waals surface area contributed by atoms with Gasteiger partial charge in [0.05, 0.1) is 18.2 Å². The van der Waals surface area contributed by atoms with Gasteiger partial charge >= 0.3 is 12.1 Å².